The average molecular weight is 436 g/mol. The van der Waals surface area contributed by atoms with Crippen LogP contribution in [0.15, 0.2) is 18.2 Å². The van der Waals surface area contributed by atoms with E-state index in [-0.39, 0.29) is 12.0 Å². The molecule has 4 rings (SSSR count). The molecular weight excluding hydrogens is 413 g/mol. The summed E-state index contributed by atoms with van der Waals surface area (Å²) < 4.78 is 15.3. The van der Waals surface area contributed by atoms with Crippen LogP contribution in [0.1, 0.15) is 43.9 Å². The molecular formula is C21H23Cl2N3OS. The van der Waals surface area contributed by atoms with Gasteiger partial charge in [0.05, 0.1) is 11.7 Å². The molecule has 0 saturated carbocycles. The largest absolute Gasteiger partial charge is 0.459 e. The smallest absolute Gasteiger partial charge is 0.250 e. The zero-order chi connectivity index (χ0) is 19.7. The van der Waals surface area contributed by atoms with Gasteiger partial charge in [-0.3, -0.25) is 0 Å². The van der Waals surface area contributed by atoms with Crippen LogP contribution in [0.25, 0.3) is 0 Å². The molecule has 0 amide bonds. The van der Waals surface area contributed by atoms with Gasteiger partial charge in [0, 0.05) is 40.5 Å². The van der Waals surface area contributed by atoms with Crippen molar-refractivity contribution >= 4 is 34.9 Å². The molecule has 0 N–H and O–H groups in total. The Morgan fingerprint density at radius 1 is 1.18 bits per heavy atom. The highest BCUT2D eigenvalue weighted by molar-refractivity contribution is 6.99. The minimum Gasteiger partial charge on any atom is -0.459 e. The quantitative estimate of drug-likeness (QED) is 0.625. The number of benzene rings is 1. The Morgan fingerprint density at radius 3 is 2.68 bits per heavy atom. The Kier molecular flexibility index (Phi) is 6.13. The molecule has 148 valence electrons. The second-order valence-electron chi connectivity index (χ2n) is 7.93. The van der Waals surface area contributed by atoms with Crippen molar-refractivity contribution in [3.8, 4) is 17.7 Å². The molecule has 2 saturated heterocycles. The fourth-order valence-electron chi connectivity index (χ4n) is 4.05. The van der Waals surface area contributed by atoms with Crippen molar-refractivity contribution in [3.05, 3.63) is 39.5 Å². The summed E-state index contributed by atoms with van der Waals surface area (Å²) in [4.78, 5) is 2.53. The third-order valence-corrected chi connectivity index (χ3v) is 6.43. The molecule has 1 unspecified atom stereocenters. The van der Waals surface area contributed by atoms with Gasteiger partial charge in [-0.05, 0) is 43.5 Å². The van der Waals surface area contributed by atoms with Crippen LogP contribution in [0.2, 0.25) is 10.0 Å². The minimum absolute atomic E-state index is 0.211. The highest BCUT2D eigenvalue weighted by Crippen LogP contribution is 2.41. The van der Waals surface area contributed by atoms with Gasteiger partial charge < -0.3 is 9.64 Å². The van der Waals surface area contributed by atoms with E-state index in [1.54, 1.807) is 18.2 Å². The summed E-state index contributed by atoms with van der Waals surface area (Å²) in [6, 6.07) is 5.31. The van der Waals surface area contributed by atoms with E-state index in [0.29, 0.717) is 27.8 Å². The van der Waals surface area contributed by atoms with Crippen LogP contribution >= 0.6 is 34.9 Å². The standard InChI is InChI=1S/C21H23Cl2N3OS/c1-13(2)19(6-5-14-8-16(22)10-17(23)9-14)27-21-20(24-28-25-21)18-12-26-7-3-4-15(18)11-26/h8-10,13,15,18-19H,3-4,7,11-12H2,1-2H3/t15-,18-,19-/m0/s1. The lowest BCUT2D eigenvalue weighted by Crippen LogP contribution is -2.25. The molecule has 7 heteroatoms. The maximum Gasteiger partial charge on any atom is 0.250 e. The highest BCUT2D eigenvalue weighted by Gasteiger charge is 2.39. The Balaban J connectivity index is 1.54. The average Bonchev–Trinajstić information content (AvgIpc) is 3.21. The predicted octanol–water partition coefficient (Wildman–Crippen LogP) is 5.11. The SMILES string of the molecule is CC(C)[C@H](C#Cc1cc(Cl)cc(Cl)c1)Oc1nsnc1[C@H]1CN2CCC[C@H]1C2. The number of aromatic nitrogens is 2. The summed E-state index contributed by atoms with van der Waals surface area (Å²) >= 11 is 13.4. The molecule has 3 heterocycles. The lowest BCUT2D eigenvalue weighted by Gasteiger charge is -2.22. The monoisotopic (exact) mass is 435 g/mol. The number of ether oxygens (including phenoxy) is 1. The van der Waals surface area contributed by atoms with E-state index in [1.807, 2.05) is 0 Å². The maximum atomic E-state index is 6.27. The van der Waals surface area contributed by atoms with Gasteiger partial charge in [-0.1, -0.05) is 48.9 Å². The van der Waals surface area contributed by atoms with E-state index in [9.17, 15) is 0 Å². The third-order valence-electron chi connectivity index (χ3n) is 5.46. The molecule has 2 bridgehead atoms. The maximum absolute atomic E-state index is 6.27. The Labute approximate surface area is 180 Å². The molecule has 28 heavy (non-hydrogen) atoms. The molecule has 1 aromatic heterocycles. The van der Waals surface area contributed by atoms with Gasteiger partial charge >= 0.3 is 0 Å². The first-order chi connectivity index (χ1) is 13.5. The Morgan fingerprint density at radius 2 is 1.96 bits per heavy atom. The molecule has 4 nitrogen and oxygen atoms in total. The van der Waals surface area contributed by atoms with E-state index in [1.165, 1.54) is 37.7 Å². The van der Waals surface area contributed by atoms with Gasteiger partial charge in [-0.25, -0.2) is 0 Å². The number of fused-ring (bicyclic) bond motifs is 2. The van der Waals surface area contributed by atoms with Crippen LogP contribution in [-0.4, -0.2) is 39.4 Å². The van der Waals surface area contributed by atoms with Crippen LogP contribution in [0.4, 0.5) is 0 Å². The molecule has 0 aliphatic carbocycles. The van der Waals surface area contributed by atoms with Crippen molar-refractivity contribution in [3.63, 3.8) is 0 Å². The number of nitrogens with zero attached hydrogens (tertiary/aromatic N) is 3. The summed E-state index contributed by atoms with van der Waals surface area (Å²) in [5.41, 5.74) is 1.79. The van der Waals surface area contributed by atoms with E-state index >= 15 is 0 Å². The summed E-state index contributed by atoms with van der Waals surface area (Å²) in [6.07, 6.45) is 2.26. The fraction of sp³-hybridized carbons (Fsp3) is 0.524. The van der Waals surface area contributed by atoms with Crippen molar-refractivity contribution in [1.29, 1.82) is 0 Å². The zero-order valence-corrected chi connectivity index (χ0v) is 18.3. The van der Waals surface area contributed by atoms with Gasteiger partial charge in [0.2, 0.25) is 0 Å². The van der Waals surface area contributed by atoms with Gasteiger partial charge in [-0.2, -0.15) is 4.37 Å². The second-order valence-corrected chi connectivity index (χ2v) is 9.33. The molecule has 0 spiro atoms. The molecule has 1 aromatic carbocycles. The predicted molar refractivity (Wildman–Crippen MR) is 114 cm³/mol. The van der Waals surface area contributed by atoms with Gasteiger partial charge in [0.25, 0.3) is 5.88 Å². The van der Waals surface area contributed by atoms with Crippen LogP contribution in [0, 0.1) is 23.7 Å². The number of hydrogen-bond acceptors (Lipinski definition) is 5. The molecule has 2 aromatic rings. The van der Waals surface area contributed by atoms with E-state index < -0.39 is 0 Å². The van der Waals surface area contributed by atoms with E-state index in [4.69, 9.17) is 27.9 Å². The summed E-state index contributed by atoms with van der Waals surface area (Å²) in [6.45, 7) is 7.62. The van der Waals surface area contributed by atoms with Gasteiger partial charge in [0.15, 0.2) is 6.10 Å². The summed E-state index contributed by atoms with van der Waals surface area (Å²) in [7, 11) is 0. The number of hydrogen-bond donors (Lipinski definition) is 0. The first kappa shape index (κ1) is 20.0. The molecule has 2 fully saturated rings. The van der Waals surface area contributed by atoms with Crippen molar-refractivity contribution in [1.82, 2.24) is 13.6 Å². The van der Waals surface area contributed by atoms with Crippen LogP contribution in [0.5, 0.6) is 5.88 Å². The molecule has 2 aliphatic rings. The second kappa shape index (κ2) is 8.59. The number of piperidine rings is 1. The summed E-state index contributed by atoms with van der Waals surface area (Å²) in [5.74, 6) is 8.33. The number of rotatable bonds is 4. The van der Waals surface area contributed by atoms with Crippen molar-refractivity contribution in [2.75, 3.05) is 19.6 Å². The first-order valence-corrected chi connectivity index (χ1v) is 11.2. The molecule has 2 aliphatic heterocycles. The first-order valence-electron chi connectivity index (χ1n) is 9.68. The Bertz CT molecular complexity index is 884. The fourth-order valence-corrected chi connectivity index (χ4v) is 5.13. The van der Waals surface area contributed by atoms with Crippen molar-refractivity contribution < 1.29 is 4.74 Å². The normalized spacial score (nSPS) is 24.7. The van der Waals surface area contributed by atoms with Gasteiger partial charge in [0.1, 0.15) is 5.69 Å². The van der Waals surface area contributed by atoms with E-state index in [2.05, 4.69) is 39.3 Å². The minimum atomic E-state index is -0.276. The molecule has 0 radical (unpaired) electrons. The topological polar surface area (TPSA) is 38.3 Å². The van der Waals surface area contributed by atoms with Crippen LogP contribution in [-0.2, 0) is 0 Å². The Hall–Kier alpha value is -1.32. The highest BCUT2D eigenvalue weighted by atomic mass is 35.5. The van der Waals surface area contributed by atoms with Gasteiger partial charge in [-0.15, -0.1) is 4.37 Å². The van der Waals surface area contributed by atoms with E-state index in [0.717, 1.165) is 17.8 Å². The lowest BCUT2D eigenvalue weighted by atomic mass is 9.89. The van der Waals surface area contributed by atoms with Crippen LogP contribution < -0.4 is 4.74 Å². The lowest BCUT2D eigenvalue weighted by molar-refractivity contribution is 0.196. The van der Waals surface area contributed by atoms with Crippen molar-refractivity contribution in [2.45, 2.75) is 38.7 Å². The van der Waals surface area contributed by atoms with Crippen LogP contribution in [0.3, 0.4) is 0 Å². The zero-order valence-electron chi connectivity index (χ0n) is 16.0. The molecule has 4 atom stereocenters. The number of halogens is 2. The third kappa shape index (κ3) is 4.46. The summed E-state index contributed by atoms with van der Waals surface area (Å²) in [5, 5.41) is 1.15. The van der Waals surface area contributed by atoms with Crippen molar-refractivity contribution in [2.24, 2.45) is 11.8 Å².